The van der Waals surface area contributed by atoms with Gasteiger partial charge in [0.05, 0.1) is 6.04 Å². The molecule has 1 N–H and O–H groups in total. The lowest BCUT2D eigenvalue weighted by molar-refractivity contribution is -0.130. The molecule has 0 spiro atoms. The van der Waals surface area contributed by atoms with E-state index in [1.165, 1.54) is 15.8 Å². The zero-order valence-electron chi connectivity index (χ0n) is 13.3. The van der Waals surface area contributed by atoms with Gasteiger partial charge in [0, 0.05) is 49.2 Å². The van der Waals surface area contributed by atoms with Crippen molar-refractivity contribution in [3.05, 3.63) is 65.4 Å². The van der Waals surface area contributed by atoms with E-state index in [4.69, 9.17) is 11.6 Å². The molecule has 1 aliphatic rings. The van der Waals surface area contributed by atoms with E-state index in [0.29, 0.717) is 6.54 Å². The molecule has 6 heteroatoms. The van der Waals surface area contributed by atoms with Crippen LogP contribution in [0.25, 0.3) is 10.9 Å². The molecule has 1 atom stereocenters. The Morgan fingerprint density at radius 3 is 2.72 bits per heavy atom. The number of aromatic amines is 1. The number of para-hydroxylation sites is 1. The third-order valence-corrected chi connectivity index (χ3v) is 6.96. The molecule has 25 heavy (non-hydrogen) atoms. The molecule has 0 radical (unpaired) electrons. The Morgan fingerprint density at radius 1 is 1.24 bits per heavy atom. The van der Waals surface area contributed by atoms with Gasteiger partial charge in [-0.05, 0) is 35.7 Å². The van der Waals surface area contributed by atoms with Crippen molar-refractivity contribution in [2.45, 2.75) is 17.4 Å². The molecule has 1 aliphatic heterocycles. The molecule has 128 valence electrons. The van der Waals surface area contributed by atoms with Crippen molar-refractivity contribution in [2.24, 2.45) is 0 Å². The zero-order chi connectivity index (χ0) is 17.4. The van der Waals surface area contributed by atoms with Gasteiger partial charge in [-0.15, -0.1) is 11.6 Å². The van der Waals surface area contributed by atoms with Crippen LogP contribution in [0.5, 0.6) is 0 Å². The summed E-state index contributed by atoms with van der Waals surface area (Å²) >= 11 is 8.16. The van der Waals surface area contributed by atoms with E-state index in [2.05, 4.69) is 68.7 Å². The van der Waals surface area contributed by atoms with Crippen LogP contribution < -0.4 is 0 Å². The van der Waals surface area contributed by atoms with Crippen LogP contribution in [0.4, 0.5) is 0 Å². The molecule has 2 heterocycles. The predicted octanol–water partition coefficient (Wildman–Crippen LogP) is 5.32. The van der Waals surface area contributed by atoms with Crippen LogP contribution >= 0.6 is 41.7 Å². The monoisotopic (exact) mass is 482 g/mol. The molecule has 4 rings (SSSR count). The fourth-order valence-corrected chi connectivity index (χ4v) is 4.91. The first-order chi connectivity index (χ1) is 12.2. The number of halogens is 2. The molecule has 0 bridgehead atoms. The topological polar surface area (TPSA) is 36.1 Å². The van der Waals surface area contributed by atoms with Gasteiger partial charge in [0.2, 0.25) is 5.91 Å². The number of benzene rings is 2. The van der Waals surface area contributed by atoms with Gasteiger partial charge in [-0.2, -0.15) is 0 Å². The third-order valence-electron chi connectivity index (χ3n) is 4.75. The maximum Gasteiger partial charge on any atom is 0.238 e. The number of hydrogen-bond acceptors (Lipinski definition) is 2. The van der Waals surface area contributed by atoms with Crippen LogP contribution in [0, 0.1) is 0 Å². The van der Waals surface area contributed by atoms with Crippen molar-refractivity contribution < 1.29 is 4.79 Å². The van der Waals surface area contributed by atoms with Gasteiger partial charge in [0.25, 0.3) is 0 Å². The maximum atomic E-state index is 12.5. The fourth-order valence-electron chi connectivity index (χ4n) is 3.63. The average Bonchev–Trinajstić information content (AvgIpc) is 3.05. The average molecular weight is 483 g/mol. The summed E-state index contributed by atoms with van der Waals surface area (Å²) in [5, 5.41) is 1.25. The number of aromatic nitrogens is 1. The van der Waals surface area contributed by atoms with Crippen LogP contribution in [0.2, 0.25) is 0 Å². The third kappa shape index (κ3) is 3.06. The van der Waals surface area contributed by atoms with E-state index in [0.717, 1.165) is 23.2 Å². The SMILES string of the molecule is O=C(CCl)N1CCc2c([nH]c3ccccc23)[C@@H]1c1ccc(SI)cc1. The number of fused-ring (bicyclic) bond motifs is 3. The van der Waals surface area contributed by atoms with Gasteiger partial charge in [-0.3, -0.25) is 4.79 Å². The van der Waals surface area contributed by atoms with Crippen LogP contribution in [-0.2, 0) is 11.2 Å². The number of nitrogens with zero attached hydrogens (tertiary/aromatic N) is 1. The van der Waals surface area contributed by atoms with Gasteiger partial charge in [-0.25, -0.2) is 0 Å². The normalized spacial score (nSPS) is 16.9. The minimum Gasteiger partial charge on any atom is -0.356 e. The lowest BCUT2D eigenvalue weighted by Gasteiger charge is -2.36. The number of rotatable bonds is 3. The van der Waals surface area contributed by atoms with E-state index >= 15 is 0 Å². The molecule has 1 aromatic heterocycles. The van der Waals surface area contributed by atoms with Crippen molar-refractivity contribution >= 4 is 58.5 Å². The van der Waals surface area contributed by atoms with E-state index in [1.54, 1.807) is 8.93 Å². The second kappa shape index (κ2) is 7.21. The van der Waals surface area contributed by atoms with Gasteiger partial charge < -0.3 is 9.88 Å². The Bertz CT molecular complexity index is 925. The van der Waals surface area contributed by atoms with Crippen molar-refractivity contribution in [1.82, 2.24) is 9.88 Å². The highest BCUT2D eigenvalue weighted by molar-refractivity contribution is 14.2. The highest BCUT2D eigenvalue weighted by Crippen LogP contribution is 2.39. The van der Waals surface area contributed by atoms with Gasteiger partial charge in [0.15, 0.2) is 0 Å². The summed E-state index contributed by atoms with van der Waals surface area (Å²) in [4.78, 5) is 19.1. The Kier molecular flexibility index (Phi) is 4.97. The summed E-state index contributed by atoms with van der Waals surface area (Å²) in [6, 6.07) is 16.7. The number of carbonyl (C=O) groups is 1. The molecule has 0 aliphatic carbocycles. The molecular formula is C19H16ClIN2OS. The summed E-state index contributed by atoms with van der Waals surface area (Å²) in [5.41, 5.74) is 4.66. The predicted molar refractivity (Wildman–Crippen MR) is 113 cm³/mol. The molecule has 3 nitrogen and oxygen atoms in total. The number of alkyl halides is 1. The molecule has 2 aromatic carbocycles. The standard InChI is InChI=1S/C19H16ClIN2OS/c20-11-17(24)23-10-9-15-14-3-1-2-4-16(14)22-18(15)19(23)12-5-7-13(25-21)8-6-12/h1-8,19,22H,9-11H2/t19-/m0/s1. The van der Waals surface area contributed by atoms with Gasteiger partial charge >= 0.3 is 0 Å². The van der Waals surface area contributed by atoms with E-state index in [9.17, 15) is 4.79 Å². The van der Waals surface area contributed by atoms with Crippen molar-refractivity contribution in [2.75, 3.05) is 12.4 Å². The zero-order valence-corrected chi connectivity index (χ0v) is 17.1. The highest BCUT2D eigenvalue weighted by atomic mass is 127. The molecule has 0 fully saturated rings. The Morgan fingerprint density at radius 2 is 2.00 bits per heavy atom. The molecule has 1 amide bonds. The molecule has 0 unspecified atom stereocenters. The van der Waals surface area contributed by atoms with E-state index in [1.807, 2.05) is 11.0 Å². The smallest absolute Gasteiger partial charge is 0.238 e. The number of amides is 1. The minimum atomic E-state index is -0.115. The number of hydrogen-bond donors (Lipinski definition) is 1. The first-order valence-corrected chi connectivity index (χ1v) is 12.0. The lowest BCUT2D eigenvalue weighted by atomic mass is 9.92. The minimum absolute atomic E-state index is 0.00769. The van der Waals surface area contributed by atoms with Crippen LogP contribution in [0.15, 0.2) is 53.4 Å². The summed E-state index contributed by atoms with van der Waals surface area (Å²) in [7, 11) is 1.69. The molecule has 0 saturated carbocycles. The largest absolute Gasteiger partial charge is 0.356 e. The summed E-state index contributed by atoms with van der Waals surface area (Å²) < 4.78 is 0. The van der Waals surface area contributed by atoms with Crippen LogP contribution in [0.3, 0.4) is 0 Å². The van der Waals surface area contributed by atoms with Gasteiger partial charge in [0.1, 0.15) is 5.88 Å². The van der Waals surface area contributed by atoms with Crippen LogP contribution in [0.1, 0.15) is 22.9 Å². The van der Waals surface area contributed by atoms with Gasteiger partial charge in [-0.1, -0.05) is 39.3 Å². The Labute approximate surface area is 167 Å². The van der Waals surface area contributed by atoms with E-state index < -0.39 is 0 Å². The van der Waals surface area contributed by atoms with Crippen molar-refractivity contribution in [3.63, 3.8) is 0 Å². The summed E-state index contributed by atoms with van der Waals surface area (Å²) in [5.74, 6) is -0.0170. The van der Waals surface area contributed by atoms with E-state index in [-0.39, 0.29) is 17.8 Å². The van der Waals surface area contributed by atoms with Crippen molar-refractivity contribution in [3.8, 4) is 0 Å². The number of nitrogens with one attached hydrogen (secondary N) is 1. The fraction of sp³-hybridized carbons (Fsp3) is 0.211. The number of carbonyl (C=O) groups excluding carboxylic acids is 1. The molecular weight excluding hydrogens is 467 g/mol. The second-order valence-corrected chi connectivity index (χ2v) is 8.30. The summed E-state index contributed by atoms with van der Waals surface area (Å²) in [6.45, 7) is 0.688. The number of H-pyrrole nitrogens is 1. The maximum absolute atomic E-state index is 12.5. The Hall–Kier alpha value is -1.18. The lowest BCUT2D eigenvalue weighted by Crippen LogP contribution is -2.41. The molecule has 3 aromatic rings. The highest BCUT2D eigenvalue weighted by Gasteiger charge is 2.33. The first kappa shape index (κ1) is 17.2. The van der Waals surface area contributed by atoms with Crippen molar-refractivity contribution in [1.29, 1.82) is 0 Å². The Balaban J connectivity index is 1.87. The summed E-state index contributed by atoms with van der Waals surface area (Å²) in [6.07, 6.45) is 0.847. The van der Waals surface area contributed by atoms with Crippen LogP contribution in [-0.4, -0.2) is 28.2 Å². The second-order valence-electron chi connectivity index (χ2n) is 6.08. The quantitative estimate of drug-likeness (QED) is 0.405. The molecule has 0 saturated heterocycles. The first-order valence-electron chi connectivity index (χ1n) is 8.06.